The number of unbranched alkanes of at least 4 members (excludes halogenated alkanes) is 42. The molecule has 0 aliphatic rings. The van der Waals surface area contributed by atoms with Gasteiger partial charge in [0.15, 0.2) is 12.2 Å². The van der Waals surface area contributed by atoms with Gasteiger partial charge in [-0.1, -0.05) is 317 Å². The predicted octanol–water partition coefficient (Wildman–Crippen LogP) is 20.5. The van der Waals surface area contributed by atoms with Gasteiger partial charge < -0.3 is 33.8 Å². The summed E-state index contributed by atoms with van der Waals surface area (Å²) >= 11 is 0. The molecule has 0 saturated carbocycles. The Bertz CT molecular complexity index is 1740. The fourth-order valence-corrected chi connectivity index (χ4v) is 12.4. The number of ether oxygens (including phenoxy) is 4. The third-order valence-electron chi connectivity index (χ3n) is 16.9. The largest absolute Gasteiger partial charge is 0.472 e. The second-order valence-electron chi connectivity index (χ2n) is 25.9. The first-order valence-corrected chi connectivity index (χ1v) is 40.2. The van der Waals surface area contributed by atoms with E-state index in [0.29, 0.717) is 25.7 Å². The van der Waals surface area contributed by atoms with Gasteiger partial charge in [0.1, 0.15) is 19.3 Å². The van der Waals surface area contributed by atoms with Crippen molar-refractivity contribution in [3.63, 3.8) is 0 Å². The molecule has 90 heavy (non-hydrogen) atoms. The summed E-state index contributed by atoms with van der Waals surface area (Å²) in [5, 5.41) is 10.5. The summed E-state index contributed by atoms with van der Waals surface area (Å²) < 4.78 is 67.9. The van der Waals surface area contributed by atoms with Gasteiger partial charge in [0, 0.05) is 25.7 Å². The van der Waals surface area contributed by atoms with E-state index in [1.54, 1.807) is 0 Å². The van der Waals surface area contributed by atoms with Gasteiger partial charge in [0.25, 0.3) is 0 Å². The van der Waals surface area contributed by atoms with Crippen molar-refractivity contribution in [2.45, 2.75) is 387 Å². The Balaban J connectivity index is 5.09. The third-order valence-corrected chi connectivity index (χ3v) is 18.8. The molecule has 0 aliphatic carbocycles. The molecule has 19 heteroatoms. The van der Waals surface area contributed by atoms with Crippen LogP contribution in [0.1, 0.15) is 369 Å². The van der Waals surface area contributed by atoms with Crippen LogP contribution in [0, 0.1) is 5.92 Å². The first-order chi connectivity index (χ1) is 43.6. The number of esters is 4. The number of phosphoric acid groups is 2. The topological polar surface area (TPSA) is 237 Å². The maximum absolute atomic E-state index is 13.0. The number of hydrogen-bond acceptors (Lipinski definition) is 15. The molecule has 0 radical (unpaired) electrons. The van der Waals surface area contributed by atoms with Crippen LogP contribution in [-0.2, 0) is 65.4 Å². The summed E-state index contributed by atoms with van der Waals surface area (Å²) in [5.41, 5.74) is 0. The van der Waals surface area contributed by atoms with Gasteiger partial charge in [0.2, 0.25) is 0 Å². The van der Waals surface area contributed by atoms with Gasteiger partial charge in [-0.15, -0.1) is 0 Å². The molecule has 3 unspecified atom stereocenters. The number of carbonyl (C=O) groups is 4. The van der Waals surface area contributed by atoms with E-state index < -0.39 is 97.5 Å². The number of carbonyl (C=O) groups excluding carboxylic acids is 4. The van der Waals surface area contributed by atoms with Gasteiger partial charge >= 0.3 is 39.5 Å². The van der Waals surface area contributed by atoms with Crippen LogP contribution in [-0.4, -0.2) is 96.7 Å². The number of aliphatic hydroxyl groups excluding tert-OH is 1. The summed E-state index contributed by atoms with van der Waals surface area (Å²) in [4.78, 5) is 72.1. The third kappa shape index (κ3) is 63.5. The molecule has 0 aromatic heterocycles. The van der Waals surface area contributed by atoms with Gasteiger partial charge in [0.05, 0.1) is 26.4 Å². The maximum atomic E-state index is 13.0. The Labute approximate surface area is 549 Å². The number of rotatable bonds is 71. The van der Waals surface area contributed by atoms with E-state index in [1.807, 2.05) is 0 Å². The lowest BCUT2D eigenvalue weighted by molar-refractivity contribution is -0.161. The summed E-state index contributed by atoms with van der Waals surface area (Å²) in [5.74, 6) is -1.29. The molecule has 0 spiro atoms. The molecular formula is C71H138O17P2. The van der Waals surface area contributed by atoms with Crippen molar-refractivity contribution < 1.29 is 80.2 Å². The fraction of sp³-hybridized carbons (Fsp3) is 0.944. The Hall–Kier alpha value is -1.94. The Morgan fingerprint density at radius 2 is 0.533 bits per heavy atom. The quantitative estimate of drug-likeness (QED) is 0.0222. The summed E-state index contributed by atoms with van der Waals surface area (Å²) in [6, 6.07) is 0. The van der Waals surface area contributed by atoms with Crippen LogP contribution in [0.4, 0.5) is 0 Å². The fourth-order valence-electron chi connectivity index (χ4n) is 10.8. The number of aliphatic hydroxyl groups is 1. The predicted molar refractivity (Wildman–Crippen MR) is 363 cm³/mol. The first kappa shape index (κ1) is 88.1. The molecule has 0 bridgehead atoms. The van der Waals surface area contributed by atoms with Gasteiger partial charge in [-0.25, -0.2) is 9.13 Å². The molecule has 0 saturated heterocycles. The van der Waals surface area contributed by atoms with E-state index in [2.05, 4.69) is 34.6 Å². The smallest absolute Gasteiger partial charge is 0.462 e. The van der Waals surface area contributed by atoms with Gasteiger partial charge in [-0.05, 0) is 31.6 Å². The second-order valence-corrected chi connectivity index (χ2v) is 28.8. The standard InChI is InChI=1S/C71H138O17P2/c1-6-10-13-16-18-19-20-21-22-23-24-25-26-27-32-35-38-42-47-52-57-71(76)88-67(61-82-69(74)55-50-45-41-37-34-31-29-28-30-33-36-40-44-48-53-64(5)9-4)63-86-90(79,80)84-59-65(72)58-83-89(77,78)85-62-66(60-81-68(73)54-49-43-15-12-8-3)87-70(75)56-51-46-39-17-14-11-7-2/h64-67,72H,6-63H2,1-5H3,(H,77,78)(H,79,80)/t64?,65-,66+,67+/m0/s1. The molecule has 17 nitrogen and oxygen atoms in total. The van der Waals surface area contributed by atoms with E-state index in [0.717, 1.165) is 115 Å². The van der Waals surface area contributed by atoms with Crippen LogP contribution in [0.25, 0.3) is 0 Å². The first-order valence-electron chi connectivity index (χ1n) is 37.2. The summed E-state index contributed by atoms with van der Waals surface area (Å²) in [6.45, 7) is 7.17. The van der Waals surface area contributed by atoms with Crippen molar-refractivity contribution in [1.29, 1.82) is 0 Å². The minimum absolute atomic E-state index is 0.103. The summed E-state index contributed by atoms with van der Waals surface area (Å²) in [7, 11) is -9.88. The lowest BCUT2D eigenvalue weighted by Gasteiger charge is -2.21. The summed E-state index contributed by atoms with van der Waals surface area (Å²) in [6.07, 6.45) is 52.0. The van der Waals surface area contributed by atoms with Crippen LogP contribution in [0.15, 0.2) is 0 Å². The average molecular weight is 1330 g/mol. The molecule has 534 valence electrons. The number of phosphoric ester groups is 2. The highest BCUT2D eigenvalue weighted by Crippen LogP contribution is 2.45. The minimum Gasteiger partial charge on any atom is -0.462 e. The van der Waals surface area contributed by atoms with Crippen molar-refractivity contribution >= 4 is 39.5 Å². The Morgan fingerprint density at radius 3 is 0.789 bits per heavy atom. The molecule has 0 amide bonds. The molecule has 0 aromatic rings. The van der Waals surface area contributed by atoms with Crippen LogP contribution in [0.2, 0.25) is 0 Å². The molecule has 0 fully saturated rings. The zero-order valence-electron chi connectivity index (χ0n) is 58.3. The zero-order chi connectivity index (χ0) is 66.3. The van der Waals surface area contributed by atoms with Crippen LogP contribution in [0.3, 0.4) is 0 Å². The van der Waals surface area contributed by atoms with E-state index in [4.69, 9.17) is 37.0 Å². The van der Waals surface area contributed by atoms with E-state index >= 15 is 0 Å². The van der Waals surface area contributed by atoms with Gasteiger partial charge in [-0.2, -0.15) is 0 Å². The Morgan fingerprint density at radius 1 is 0.311 bits per heavy atom. The monoisotopic (exact) mass is 1320 g/mol. The number of hydrogen-bond donors (Lipinski definition) is 3. The van der Waals surface area contributed by atoms with Crippen molar-refractivity contribution in [1.82, 2.24) is 0 Å². The van der Waals surface area contributed by atoms with Gasteiger partial charge in [-0.3, -0.25) is 37.3 Å². The van der Waals surface area contributed by atoms with Crippen molar-refractivity contribution in [2.24, 2.45) is 5.92 Å². The molecule has 6 atom stereocenters. The maximum Gasteiger partial charge on any atom is 0.472 e. The SMILES string of the molecule is CCCCCCCCCCCCCCCCCCCCCCC(=O)O[C@H](COC(=O)CCCCCCCCCCCCCCCCC(C)CC)COP(=O)(O)OC[C@@H](O)COP(=O)(O)OC[C@@H](COC(=O)CCCCCCC)OC(=O)CCCCCCCCC. The van der Waals surface area contributed by atoms with Crippen molar-refractivity contribution in [3.8, 4) is 0 Å². The molecule has 0 heterocycles. The van der Waals surface area contributed by atoms with Crippen LogP contribution in [0.5, 0.6) is 0 Å². The lowest BCUT2D eigenvalue weighted by atomic mass is 9.99. The second kappa shape index (κ2) is 64.4. The van der Waals surface area contributed by atoms with Crippen molar-refractivity contribution in [2.75, 3.05) is 39.6 Å². The Kier molecular flexibility index (Phi) is 63.0. The average Bonchev–Trinajstić information content (AvgIpc) is 3.73. The molecule has 0 aliphatic heterocycles. The van der Waals surface area contributed by atoms with Crippen molar-refractivity contribution in [3.05, 3.63) is 0 Å². The van der Waals surface area contributed by atoms with E-state index in [-0.39, 0.29) is 25.7 Å². The molecule has 3 N–H and O–H groups in total. The van der Waals surface area contributed by atoms with Crippen LogP contribution < -0.4 is 0 Å². The normalized spacial score (nSPS) is 14.4. The highest BCUT2D eigenvalue weighted by molar-refractivity contribution is 7.47. The minimum atomic E-state index is -4.95. The molecule has 0 aromatic carbocycles. The van der Waals surface area contributed by atoms with Crippen LogP contribution >= 0.6 is 15.6 Å². The van der Waals surface area contributed by atoms with E-state index in [9.17, 15) is 43.2 Å². The molecular weight excluding hydrogens is 1190 g/mol. The lowest BCUT2D eigenvalue weighted by Crippen LogP contribution is -2.30. The van der Waals surface area contributed by atoms with E-state index in [1.165, 1.54) is 173 Å². The molecule has 0 rings (SSSR count). The highest BCUT2D eigenvalue weighted by atomic mass is 31.2. The zero-order valence-corrected chi connectivity index (χ0v) is 60.1. The highest BCUT2D eigenvalue weighted by Gasteiger charge is 2.30.